The summed E-state index contributed by atoms with van der Waals surface area (Å²) in [4.78, 5) is 19.9. The van der Waals surface area contributed by atoms with Gasteiger partial charge in [0.15, 0.2) is 12.1 Å². The number of carbonyl (C=O) groups excluding carboxylic acids is 1. The predicted molar refractivity (Wildman–Crippen MR) is 78.3 cm³/mol. The maximum absolute atomic E-state index is 11.1. The molecule has 0 bridgehead atoms. The first-order valence-corrected chi connectivity index (χ1v) is 6.32. The van der Waals surface area contributed by atoms with Crippen molar-refractivity contribution in [2.75, 3.05) is 0 Å². The Hall–Kier alpha value is -2.81. The van der Waals surface area contributed by atoms with Gasteiger partial charge in [-0.15, -0.1) is 0 Å². The second-order valence-electron chi connectivity index (χ2n) is 4.35. The number of carbonyl (C=O) groups is 1. The molecule has 0 saturated carbocycles. The van der Waals surface area contributed by atoms with Crippen molar-refractivity contribution in [3.05, 3.63) is 72.4 Å². The second kappa shape index (κ2) is 5.45. The topological polar surface area (TPSA) is 42.9 Å². The van der Waals surface area contributed by atoms with Crippen molar-refractivity contribution in [1.82, 2.24) is 9.97 Å². The molecule has 0 amide bonds. The molecule has 0 N–H and O–H groups in total. The van der Waals surface area contributed by atoms with Gasteiger partial charge in [-0.2, -0.15) is 0 Å². The van der Waals surface area contributed by atoms with E-state index in [0.717, 1.165) is 23.1 Å². The third kappa shape index (κ3) is 2.47. The fourth-order valence-corrected chi connectivity index (χ4v) is 2.00. The summed E-state index contributed by atoms with van der Waals surface area (Å²) in [5.74, 6) is 0.564. The van der Waals surface area contributed by atoms with E-state index in [4.69, 9.17) is 0 Å². The Balaban J connectivity index is 2.15. The molecule has 0 aliphatic heterocycles. The van der Waals surface area contributed by atoms with Crippen LogP contribution in [-0.4, -0.2) is 16.3 Å². The molecule has 0 unspecified atom stereocenters. The highest BCUT2D eigenvalue weighted by molar-refractivity contribution is 5.77. The zero-order valence-corrected chi connectivity index (χ0v) is 10.7. The quantitative estimate of drug-likeness (QED) is 0.675. The Morgan fingerprint density at radius 3 is 1.95 bits per heavy atom. The van der Waals surface area contributed by atoms with E-state index in [1.807, 2.05) is 60.7 Å². The molecule has 3 heteroatoms. The van der Waals surface area contributed by atoms with Crippen molar-refractivity contribution in [2.45, 2.75) is 0 Å². The summed E-state index contributed by atoms with van der Waals surface area (Å²) in [5, 5.41) is 0. The van der Waals surface area contributed by atoms with Crippen LogP contribution in [0.4, 0.5) is 0 Å². The van der Waals surface area contributed by atoms with Crippen LogP contribution in [0.5, 0.6) is 0 Å². The highest BCUT2D eigenvalue weighted by atomic mass is 16.1. The molecule has 1 heterocycles. The van der Waals surface area contributed by atoms with E-state index in [0.29, 0.717) is 11.5 Å². The lowest BCUT2D eigenvalue weighted by Gasteiger charge is -2.05. The molecule has 1 aromatic heterocycles. The van der Waals surface area contributed by atoms with Crippen LogP contribution in [0.2, 0.25) is 0 Å². The standard InChI is InChI=1S/C17H12N2O/c20-12-15-11-16(13-7-3-1-4-8-13)19-17(18-15)14-9-5-2-6-10-14/h1-12H. The molecule has 0 aliphatic carbocycles. The average Bonchev–Trinajstić information content (AvgIpc) is 2.56. The molecule has 0 fully saturated rings. The molecular weight excluding hydrogens is 248 g/mol. The number of benzene rings is 2. The minimum atomic E-state index is 0.387. The molecule has 0 spiro atoms. The van der Waals surface area contributed by atoms with E-state index in [1.165, 1.54) is 0 Å². The monoisotopic (exact) mass is 260 g/mol. The van der Waals surface area contributed by atoms with Crippen LogP contribution in [0, 0.1) is 0 Å². The van der Waals surface area contributed by atoms with Gasteiger partial charge < -0.3 is 0 Å². The van der Waals surface area contributed by atoms with E-state index in [-0.39, 0.29) is 0 Å². The Morgan fingerprint density at radius 1 is 0.750 bits per heavy atom. The number of rotatable bonds is 3. The molecule has 3 aromatic rings. The van der Waals surface area contributed by atoms with Crippen molar-refractivity contribution in [3.63, 3.8) is 0 Å². The molecule has 3 rings (SSSR count). The summed E-state index contributed by atoms with van der Waals surface area (Å²) in [5.41, 5.74) is 3.00. The molecule has 0 radical (unpaired) electrons. The van der Waals surface area contributed by atoms with E-state index in [2.05, 4.69) is 9.97 Å². The van der Waals surface area contributed by atoms with Gasteiger partial charge in [0.05, 0.1) is 5.69 Å². The van der Waals surface area contributed by atoms with E-state index in [9.17, 15) is 4.79 Å². The van der Waals surface area contributed by atoms with Gasteiger partial charge >= 0.3 is 0 Å². The summed E-state index contributed by atoms with van der Waals surface area (Å²) < 4.78 is 0. The van der Waals surface area contributed by atoms with E-state index >= 15 is 0 Å². The van der Waals surface area contributed by atoms with Crippen LogP contribution in [0.3, 0.4) is 0 Å². The molecule has 3 nitrogen and oxygen atoms in total. The molecule has 2 aromatic carbocycles. The number of nitrogens with zero attached hydrogens (tertiary/aromatic N) is 2. The molecule has 96 valence electrons. The van der Waals surface area contributed by atoms with Crippen molar-refractivity contribution in [3.8, 4) is 22.6 Å². The maximum atomic E-state index is 11.1. The van der Waals surface area contributed by atoms with Gasteiger partial charge in [0.1, 0.15) is 5.69 Å². The minimum Gasteiger partial charge on any atom is -0.296 e. The van der Waals surface area contributed by atoms with Gasteiger partial charge in [0.25, 0.3) is 0 Å². The van der Waals surface area contributed by atoms with Crippen molar-refractivity contribution in [1.29, 1.82) is 0 Å². The third-order valence-corrected chi connectivity index (χ3v) is 2.97. The smallest absolute Gasteiger partial charge is 0.168 e. The van der Waals surface area contributed by atoms with Gasteiger partial charge in [-0.1, -0.05) is 60.7 Å². The van der Waals surface area contributed by atoms with Gasteiger partial charge in [0, 0.05) is 11.1 Å². The predicted octanol–water partition coefficient (Wildman–Crippen LogP) is 3.62. The van der Waals surface area contributed by atoms with Crippen LogP contribution >= 0.6 is 0 Å². The molecule has 0 atom stereocenters. The third-order valence-electron chi connectivity index (χ3n) is 2.97. The number of aromatic nitrogens is 2. The summed E-state index contributed by atoms with van der Waals surface area (Å²) in [6.45, 7) is 0. The van der Waals surface area contributed by atoms with Crippen LogP contribution in [0.25, 0.3) is 22.6 Å². The highest BCUT2D eigenvalue weighted by Gasteiger charge is 2.07. The first-order chi connectivity index (χ1) is 9.86. The van der Waals surface area contributed by atoms with Gasteiger partial charge in [-0.25, -0.2) is 9.97 Å². The van der Waals surface area contributed by atoms with E-state index in [1.54, 1.807) is 6.07 Å². The number of aldehydes is 1. The lowest BCUT2D eigenvalue weighted by atomic mass is 10.1. The Morgan fingerprint density at radius 2 is 1.35 bits per heavy atom. The zero-order valence-electron chi connectivity index (χ0n) is 10.7. The molecule has 0 aliphatic rings. The van der Waals surface area contributed by atoms with Crippen LogP contribution in [0.15, 0.2) is 66.7 Å². The summed E-state index contributed by atoms with van der Waals surface area (Å²) >= 11 is 0. The SMILES string of the molecule is O=Cc1cc(-c2ccccc2)nc(-c2ccccc2)n1. The van der Waals surface area contributed by atoms with Crippen molar-refractivity contribution < 1.29 is 4.79 Å². The second-order valence-corrected chi connectivity index (χ2v) is 4.35. The highest BCUT2D eigenvalue weighted by Crippen LogP contribution is 2.21. The van der Waals surface area contributed by atoms with Crippen LogP contribution in [0.1, 0.15) is 10.5 Å². The summed E-state index contributed by atoms with van der Waals surface area (Å²) in [6.07, 6.45) is 0.751. The van der Waals surface area contributed by atoms with Gasteiger partial charge in [-0.3, -0.25) is 4.79 Å². The minimum absolute atomic E-state index is 0.387. The fourth-order valence-electron chi connectivity index (χ4n) is 2.00. The lowest BCUT2D eigenvalue weighted by molar-refractivity contribution is 0.111. The van der Waals surface area contributed by atoms with Gasteiger partial charge in [-0.05, 0) is 6.07 Å². The Bertz CT molecular complexity index is 667. The molecular formula is C17H12N2O. The Kier molecular flexibility index (Phi) is 3.33. The first-order valence-electron chi connectivity index (χ1n) is 6.32. The maximum Gasteiger partial charge on any atom is 0.168 e. The number of hydrogen-bond donors (Lipinski definition) is 0. The Labute approximate surface area is 117 Å². The molecule has 0 saturated heterocycles. The van der Waals surface area contributed by atoms with Crippen molar-refractivity contribution in [2.24, 2.45) is 0 Å². The normalized spacial score (nSPS) is 10.2. The van der Waals surface area contributed by atoms with Crippen LogP contribution < -0.4 is 0 Å². The van der Waals surface area contributed by atoms with E-state index < -0.39 is 0 Å². The largest absolute Gasteiger partial charge is 0.296 e. The average molecular weight is 260 g/mol. The van der Waals surface area contributed by atoms with Crippen LogP contribution in [-0.2, 0) is 0 Å². The number of hydrogen-bond acceptors (Lipinski definition) is 3. The van der Waals surface area contributed by atoms with Crippen molar-refractivity contribution >= 4 is 6.29 Å². The lowest BCUT2D eigenvalue weighted by Crippen LogP contribution is -1.97. The first kappa shape index (κ1) is 12.2. The summed E-state index contributed by atoms with van der Waals surface area (Å²) in [7, 11) is 0. The summed E-state index contributed by atoms with van der Waals surface area (Å²) in [6, 6.07) is 21.1. The van der Waals surface area contributed by atoms with Gasteiger partial charge in [0.2, 0.25) is 0 Å². The fraction of sp³-hybridized carbons (Fsp3) is 0. The molecule has 20 heavy (non-hydrogen) atoms. The zero-order chi connectivity index (χ0) is 13.8.